The van der Waals surface area contributed by atoms with Crippen LogP contribution >= 0.6 is 0 Å². The van der Waals surface area contributed by atoms with Gasteiger partial charge < -0.3 is 19.5 Å². The Balaban J connectivity index is 1.77. The van der Waals surface area contributed by atoms with Gasteiger partial charge in [0, 0.05) is 6.54 Å². The van der Waals surface area contributed by atoms with Crippen molar-refractivity contribution < 1.29 is 19.0 Å². The molecule has 1 aliphatic rings. The van der Waals surface area contributed by atoms with Crippen molar-refractivity contribution in [2.45, 2.75) is 6.10 Å². The summed E-state index contributed by atoms with van der Waals surface area (Å²) in [5.74, 6) is 1.02. The molecule has 1 saturated heterocycles. The summed E-state index contributed by atoms with van der Waals surface area (Å²) in [6, 6.07) is 7.21. The minimum atomic E-state index is -0.161. The van der Waals surface area contributed by atoms with Gasteiger partial charge in [0.15, 0.2) is 18.1 Å². The molecule has 0 bridgehead atoms. The molecule has 1 aromatic carbocycles. The van der Waals surface area contributed by atoms with E-state index in [2.05, 4.69) is 5.32 Å². The summed E-state index contributed by atoms with van der Waals surface area (Å²) in [7, 11) is 1.56. The lowest BCUT2D eigenvalue weighted by atomic mass is 10.3. The maximum Gasteiger partial charge on any atom is 0.258 e. The molecule has 5 heteroatoms. The monoisotopic (exact) mass is 237 g/mol. The fourth-order valence-electron chi connectivity index (χ4n) is 1.35. The smallest absolute Gasteiger partial charge is 0.258 e. The second-order valence-electron chi connectivity index (χ2n) is 3.70. The van der Waals surface area contributed by atoms with Gasteiger partial charge in [0.2, 0.25) is 0 Å². The predicted octanol–water partition coefficient (Wildman–Crippen LogP) is 0.589. The number of hydrogen-bond donors (Lipinski definition) is 1. The molecule has 5 nitrogen and oxygen atoms in total. The third kappa shape index (κ3) is 3.64. The Bertz CT molecular complexity index is 390. The van der Waals surface area contributed by atoms with Gasteiger partial charge in [0.1, 0.15) is 0 Å². The molecule has 0 spiro atoms. The van der Waals surface area contributed by atoms with E-state index in [-0.39, 0.29) is 18.6 Å². The quantitative estimate of drug-likeness (QED) is 0.736. The number of hydrogen-bond acceptors (Lipinski definition) is 4. The minimum absolute atomic E-state index is 0.0207. The van der Waals surface area contributed by atoms with Crippen molar-refractivity contribution in [1.29, 1.82) is 0 Å². The molecule has 1 aliphatic heterocycles. The standard InChI is InChI=1S/C12H15NO4/c1-15-10-4-2-3-5-11(10)17-8-12(14)13-6-9-7-16-9/h2-5,9H,6-8H2,1H3,(H,13,14)/t9-/m1/s1. The Morgan fingerprint density at radius 1 is 1.47 bits per heavy atom. The van der Waals surface area contributed by atoms with Crippen LogP contribution in [0.2, 0.25) is 0 Å². The predicted molar refractivity (Wildman–Crippen MR) is 61.2 cm³/mol. The summed E-state index contributed by atoms with van der Waals surface area (Å²) in [5.41, 5.74) is 0. The van der Waals surface area contributed by atoms with Crippen molar-refractivity contribution in [2.24, 2.45) is 0 Å². The first-order chi connectivity index (χ1) is 8.29. The summed E-state index contributed by atoms with van der Waals surface area (Å²) in [6.45, 7) is 1.26. The number of methoxy groups -OCH3 is 1. The van der Waals surface area contributed by atoms with Gasteiger partial charge in [-0.25, -0.2) is 0 Å². The Morgan fingerprint density at radius 2 is 2.18 bits per heavy atom. The SMILES string of the molecule is COc1ccccc1OCC(=O)NC[C@@H]1CO1. The molecule has 0 radical (unpaired) electrons. The van der Waals surface area contributed by atoms with Gasteiger partial charge in [-0.3, -0.25) is 4.79 Å². The molecule has 1 amide bonds. The maximum atomic E-state index is 11.4. The number of para-hydroxylation sites is 2. The Labute approximate surface area is 99.7 Å². The zero-order chi connectivity index (χ0) is 12.1. The highest BCUT2D eigenvalue weighted by Gasteiger charge is 2.22. The lowest BCUT2D eigenvalue weighted by Gasteiger charge is -2.09. The molecule has 1 heterocycles. The third-order valence-electron chi connectivity index (χ3n) is 2.36. The van der Waals surface area contributed by atoms with E-state index in [1.54, 1.807) is 19.2 Å². The highest BCUT2D eigenvalue weighted by molar-refractivity contribution is 5.77. The van der Waals surface area contributed by atoms with Crippen molar-refractivity contribution in [3.63, 3.8) is 0 Å². The van der Waals surface area contributed by atoms with E-state index in [4.69, 9.17) is 14.2 Å². The first-order valence-electron chi connectivity index (χ1n) is 5.43. The molecule has 0 unspecified atom stereocenters. The summed E-state index contributed by atoms with van der Waals surface area (Å²) < 4.78 is 15.5. The molecule has 0 aliphatic carbocycles. The molecule has 1 fully saturated rings. The van der Waals surface area contributed by atoms with Crippen molar-refractivity contribution in [3.8, 4) is 11.5 Å². The molecule has 17 heavy (non-hydrogen) atoms. The second-order valence-corrected chi connectivity index (χ2v) is 3.70. The van der Waals surface area contributed by atoms with E-state index < -0.39 is 0 Å². The van der Waals surface area contributed by atoms with Gasteiger partial charge >= 0.3 is 0 Å². The van der Waals surface area contributed by atoms with Crippen LogP contribution in [-0.2, 0) is 9.53 Å². The van der Waals surface area contributed by atoms with E-state index in [0.717, 1.165) is 6.61 Å². The number of carbonyl (C=O) groups is 1. The van der Waals surface area contributed by atoms with Crippen LogP contribution in [-0.4, -0.2) is 38.9 Å². The Hall–Kier alpha value is -1.75. The van der Waals surface area contributed by atoms with Crippen LogP contribution in [0.25, 0.3) is 0 Å². The molecule has 92 valence electrons. The van der Waals surface area contributed by atoms with Crippen LogP contribution in [0.15, 0.2) is 24.3 Å². The number of epoxide rings is 1. The molecular weight excluding hydrogens is 222 g/mol. The van der Waals surface area contributed by atoms with Crippen LogP contribution in [0, 0.1) is 0 Å². The van der Waals surface area contributed by atoms with Crippen LogP contribution in [0.1, 0.15) is 0 Å². The van der Waals surface area contributed by atoms with E-state index in [0.29, 0.717) is 18.0 Å². The number of benzene rings is 1. The number of amides is 1. The maximum absolute atomic E-state index is 11.4. The van der Waals surface area contributed by atoms with Crippen LogP contribution < -0.4 is 14.8 Å². The molecule has 1 atom stereocenters. The van der Waals surface area contributed by atoms with Gasteiger partial charge in [0.25, 0.3) is 5.91 Å². The molecule has 2 rings (SSSR count). The molecule has 0 aromatic heterocycles. The topological polar surface area (TPSA) is 60.1 Å². The lowest BCUT2D eigenvalue weighted by Crippen LogP contribution is -2.31. The lowest BCUT2D eigenvalue weighted by molar-refractivity contribution is -0.123. The highest BCUT2D eigenvalue weighted by atomic mass is 16.6. The number of nitrogens with one attached hydrogen (secondary N) is 1. The summed E-state index contributed by atoms with van der Waals surface area (Å²) in [4.78, 5) is 11.4. The van der Waals surface area contributed by atoms with Gasteiger partial charge in [-0.2, -0.15) is 0 Å². The number of carbonyl (C=O) groups excluding carboxylic acids is 1. The number of rotatable bonds is 6. The zero-order valence-corrected chi connectivity index (χ0v) is 9.64. The van der Waals surface area contributed by atoms with Crippen molar-refractivity contribution in [1.82, 2.24) is 5.32 Å². The highest BCUT2D eigenvalue weighted by Crippen LogP contribution is 2.25. The average Bonchev–Trinajstić information content (AvgIpc) is 3.18. The normalized spacial score (nSPS) is 17.4. The molecule has 1 aromatic rings. The molecular formula is C12H15NO4. The Kier molecular flexibility index (Phi) is 3.82. The summed E-state index contributed by atoms with van der Waals surface area (Å²) in [6.07, 6.45) is 0.185. The van der Waals surface area contributed by atoms with Gasteiger partial charge in [0.05, 0.1) is 19.8 Å². The van der Waals surface area contributed by atoms with Crippen molar-refractivity contribution in [3.05, 3.63) is 24.3 Å². The second kappa shape index (κ2) is 5.54. The minimum Gasteiger partial charge on any atom is -0.493 e. The average molecular weight is 237 g/mol. The van der Waals surface area contributed by atoms with Crippen molar-refractivity contribution >= 4 is 5.91 Å². The van der Waals surface area contributed by atoms with Crippen LogP contribution in [0.3, 0.4) is 0 Å². The molecule has 0 saturated carbocycles. The molecule has 1 N–H and O–H groups in total. The van der Waals surface area contributed by atoms with Gasteiger partial charge in [-0.05, 0) is 12.1 Å². The number of ether oxygens (including phenoxy) is 3. The summed E-state index contributed by atoms with van der Waals surface area (Å²) >= 11 is 0. The van der Waals surface area contributed by atoms with Crippen LogP contribution in [0.4, 0.5) is 0 Å². The third-order valence-corrected chi connectivity index (χ3v) is 2.36. The van der Waals surface area contributed by atoms with Crippen LogP contribution in [0.5, 0.6) is 11.5 Å². The van der Waals surface area contributed by atoms with E-state index in [9.17, 15) is 4.79 Å². The fraction of sp³-hybridized carbons (Fsp3) is 0.417. The largest absolute Gasteiger partial charge is 0.493 e. The first kappa shape index (κ1) is 11.7. The van der Waals surface area contributed by atoms with Gasteiger partial charge in [-0.1, -0.05) is 12.1 Å². The Morgan fingerprint density at radius 3 is 2.82 bits per heavy atom. The van der Waals surface area contributed by atoms with E-state index in [1.165, 1.54) is 0 Å². The van der Waals surface area contributed by atoms with Crippen molar-refractivity contribution in [2.75, 3.05) is 26.9 Å². The summed E-state index contributed by atoms with van der Waals surface area (Å²) in [5, 5.41) is 2.72. The van der Waals surface area contributed by atoms with E-state index in [1.807, 2.05) is 12.1 Å². The van der Waals surface area contributed by atoms with E-state index >= 15 is 0 Å². The first-order valence-corrected chi connectivity index (χ1v) is 5.43. The zero-order valence-electron chi connectivity index (χ0n) is 9.64. The fourth-order valence-corrected chi connectivity index (χ4v) is 1.35. The van der Waals surface area contributed by atoms with Gasteiger partial charge in [-0.15, -0.1) is 0 Å².